The van der Waals surface area contributed by atoms with Gasteiger partial charge in [0.25, 0.3) is 0 Å². The van der Waals surface area contributed by atoms with Gasteiger partial charge in [0.2, 0.25) is 10.0 Å². The van der Waals surface area contributed by atoms with Crippen molar-refractivity contribution >= 4 is 21.4 Å². The van der Waals surface area contributed by atoms with Crippen molar-refractivity contribution in [3.05, 3.63) is 45.6 Å². The number of aliphatic hydroxyl groups excluding tert-OH is 1. The number of sulfonamides is 1. The lowest BCUT2D eigenvalue weighted by Gasteiger charge is -2.15. The van der Waals surface area contributed by atoms with E-state index in [9.17, 15) is 13.5 Å². The zero-order valence-corrected chi connectivity index (χ0v) is 14.3. The SMILES string of the molecule is COc1cc(C)c(S(=O)(=O)NCC(O)c2cccs2)c(C)c1. The molecule has 1 aromatic carbocycles. The van der Waals surface area contributed by atoms with E-state index < -0.39 is 16.1 Å². The summed E-state index contributed by atoms with van der Waals surface area (Å²) in [5.74, 6) is 0.618. The van der Waals surface area contributed by atoms with Crippen molar-refractivity contribution in [3.63, 3.8) is 0 Å². The van der Waals surface area contributed by atoms with E-state index in [2.05, 4.69) is 4.72 Å². The van der Waals surface area contributed by atoms with E-state index in [4.69, 9.17) is 4.74 Å². The fourth-order valence-electron chi connectivity index (χ4n) is 2.29. The summed E-state index contributed by atoms with van der Waals surface area (Å²) >= 11 is 1.39. The summed E-state index contributed by atoms with van der Waals surface area (Å²) in [4.78, 5) is 0.956. The highest BCUT2D eigenvalue weighted by atomic mass is 32.2. The maximum Gasteiger partial charge on any atom is 0.241 e. The second-order valence-electron chi connectivity index (χ2n) is 4.97. The van der Waals surface area contributed by atoms with E-state index in [0.717, 1.165) is 4.88 Å². The summed E-state index contributed by atoms with van der Waals surface area (Å²) in [5.41, 5.74) is 1.21. The van der Waals surface area contributed by atoms with Crippen LogP contribution in [0, 0.1) is 13.8 Å². The maximum atomic E-state index is 12.5. The molecular formula is C15H19NO4S2. The number of methoxy groups -OCH3 is 1. The Labute approximate surface area is 134 Å². The van der Waals surface area contributed by atoms with Crippen molar-refractivity contribution in [2.75, 3.05) is 13.7 Å². The Kier molecular flexibility index (Phi) is 5.23. The van der Waals surface area contributed by atoms with Crippen LogP contribution >= 0.6 is 11.3 Å². The summed E-state index contributed by atoms with van der Waals surface area (Å²) in [5, 5.41) is 11.8. The third-order valence-electron chi connectivity index (χ3n) is 3.28. The summed E-state index contributed by atoms with van der Waals surface area (Å²) in [6.07, 6.45) is -0.853. The number of ether oxygens (including phenoxy) is 1. The molecule has 1 aromatic heterocycles. The lowest BCUT2D eigenvalue weighted by molar-refractivity contribution is 0.185. The Morgan fingerprint density at radius 2 is 1.95 bits per heavy atom. The van der Waals surface area contributed by atoms with E-state index in [0.29, 0.717) is 16.9 Å². The van der Waals surface area contributed by atoms with Gasteiger partial charge in [-0.1, -0.05) is 6.07 Å². The first-order valence-electron chi connectivity index (χ1n) is 6.71. The molecule has 7 heteroatoms. The summed E-state index contributed by atoms with van der Waals surface area (Å²) in [6, 6.07) is 6.94. The molecule has 2 rings (SSSR count). The molecule has 0 spiro atoms. The first-order valence-corrected chi connectivity index (χ1v) is 9.08. The number of benzene rings is 1. The molecule has 2 N–H and O–H groups in total. The summed E-state index contributed by atoms with van der Waals surface area (Å²) in [6.45, 7) is 3.38. The fourth-order valence-corrected chi connectivity index (χ4v) is 4.49. The van der Waals surface area contributed by atoms with Crippen molar-refractivity contribution in [1.82, 2.24) is 4.72 Å². The standard InChI is InChI=1S/C15H19NO4S2/c1-10-7-12(20-3)8-11(2)15(10)22(18,19)16-9-13(17)14-5-4-6-21-14/h4-8,13,16-17H,9H2,1-3H3. The minimum absolute atomic E-state index is 0.0618. The largest absolute Gasteiger partial charge is 0.497 e. The number of nitrogens with one attached hydrogen (secondary N) is 1. The van der Waals surface area contributed by atoms with Crippen LogP contribution < -0.4 is 9.46 Å². The van der Waals surface area contributed by atoms with Crippen LogP contribution in [0.25, 0.3) is 0 Å². The van der Waals surface area contributed by atoms with E-state index in [-0.39, 0.29) is 11.4 Å². The molecule has 22 heavy (non-hydrogen) atoms. The Bertz CT molecular complexity index is 716. The zero-order chi connectivity index (χ0) is 16.3. The number of hydrogen-bond acceptors (Lipinski definition) is 5. The summed E-state index contributed by atoms with van der Waals surface area (Å²) < 4.78 is 32.6. The molecule has 0 aliphatic rings. The lowest BCUT2D eigenvalue weighted by Crippen LogP contribution is -2.29. The molecule has 0 aliphatic carbocycles. The van der Waals surface area contributed by atoms with Gasteiger partial charge in [0, 0.05) is 11.4 Å². The molecule has 1 heterocycles. The zero-order valence-electron chi connectivity index (χ0n) is 12.7. The predicted octanol–water partition coefficient (Wildman–Crippen LogP) is 2.39. The number of aliphatic hydroxyl groups is 1. The lowest BCUT2D eigenvalue weighted by atomic mass is 10.1. The number of aryl methyl sites for hydroxylation is 2. The van der Waals surface area contributed by atoms with Crippen molar-refractivity contribution in [1.29, 1.82) is 0 Å². The van der Waals surface area contributed by atoms with Gasteiger partial charge in [-0.05, 0) is 48.6 Å². The topological polar surface area (TPSA) is 75.6 Å². The normalized spacial score (nSPS) is 13.1. The molecule has 120 valence electrons. The van der Waals surface area contributed by atoms with Crippen LogP contribution in [0.1, 0.15) is 22.1 Å². The highest BCUT2D eigenvalue weighted by molar-refractivity contribution is 7.89. The number of thiophene rings is 1. The van der Waals surface area contributed by atoms with Crippen molar-refractivity contribution in [2.24, 2.45) is 0 Å². The minimum atomic E-state index is -3.69. The van der Waals surface area contributed by atoms with Crippen LogP contribution in [0.15, 0.2) is 34.5 Å². The molecule has 1 atom stereocenters. The predicted molar refractivity (Wildman–Crippen MR) is 86.9 cm³/mol. The molecule has 0 amide bonds. The second kappa shape index (κ2) is 6.78. The molecule has 0 saturated heterocycles. The van der Waals surface area contributed by atoms with Gasteiger partial charge >= 0.3 is 0 Å². The van der Waals surface area contributed by atoms with E-state index in [1.165, 1.54) is 18.4 Å². The first-order chi connectivity index (χ1) is 10.3. The summed E-state index contributed by atoms with van der Waals surface area (Å²) in [7, 11) is -2.15. The third kappa shape index (κ3) is 3.67. The van der Waals surface area contributed by atoms with Gasteiger partial charge < -0.3 is 9.84 Å². The van der Waals surface area contributed by atoms with Gasteiger partial charge in [0.15, 0.2) is 0 Å². The first kappa shape index (κ1) is 17.0. The van der Waals surface area contributed by atoms with Crippen LogP contribution in [0.2, 0.25) is 0 Å². The molecule has 0 aliphatic heterocycles. The van der Waals surface area contributed by atoms with Gasteiger partial charge in [0.05, 0.1) is 12.0 Å². The van der Waals surface area contributed by atoms with Gasteiger partial charge in [-0.3, -0.25) is 0 Å². The fraction of sp³-hybridized carbons (Fsp3) is 0.333. The molecule has 1 unspecified atom stereocenters. The average Bonchev–Trinajstić information content (AvgIpc) is 2.97. The van der Waals surface area contributed by atoms with Crippen LogP contribution in [0.3, 0.4) is 0 Å². The Balaban J connectivity index is 2.20. The molecule has 0 radical (unpaired) electrons. The molecule has 0 saturated carbocycles. The quantitative estimate of drug-likeness (QED) is 0.846. The van der Waals surface area contributed by atoms with Crippen molar-refractivity contribution in [2.45, 2.75) is 24.8 Å². The highest BCUT2D eigenvalue weighted by Crippen LogP contribution is 2.26. The van der Waals surface area contributed by atoms with Gasteiger partial charge in [-0.15, -0.1) is 11.3 Å². The van der Waals surface area contributed by atoms with Crippen molar-refractivity contribution in [3.8, 4) is 5.75 Å². The van der Waals surface area contributed by atoms with Crippen LogP contribution in [-0.4, -0.2) is 27.2 Å². The van der Waals surface area contributed by atoms with E-state index in [1.807, 2.05) is 11.4 Å². The van der Waals surface area contributed by atoms with Crippen LogP contribution in [0.5, 0.6) is 5.75 Å². The molecule has 0 fully saturated rings. The smallest absolute Gasteiger partial charge is 0.241 e. The Morgan fingerprint density at radius 3 is 2.45 bits per heavy atom. The average molecular weight is 341 g/mol. The molecule has 0 bridgehead atoms. The number of rotatable bonds is 6. The van der Waals surface area contributed by atoms with Crippen molar-refractivity contribution < 1.29 is 18.3 Å². The Morgan fingerprint density at radius 1 is 1.32 bits per heavy atom. The van der Waals surface area contributed by atoms with E-state index in [1.54, 1.807) is 32.0 Å². The van der Waals surface area contributed by atoms with Crippen LogP contribution in [0.4, 0.5) is 0 Å². The molecule has 5 nitrogen and oxygen atoms in total. The Hall–Kier alpha value is -1.41. The van der Waals surface area contributed by atoms with Crippen LogP contribution in [-0.2, 0) is 10.0 Å². The third-order valence-corrected chi connectivity index (χ3v) is 5.98. The van der Waals surface area contributed by atoms with Gasteiger partial charge in [-0.2, -0.15) is 0 Å². The van der Waals surface area contributed by atoms with E-state index >= 15 is 0 Å². The highest BCUT2D eigenvalue weighted by Gasteiger charge is 2.22. The molecule has 2 aromatic rings. The second-order valence-corrected chi connectivity index (χ2v) is 7.66. The minimum Gasteiger partial charge on any atom is -0.497 e. The maximum absolute atomic E-state index is 12.5. The number of hydrogen-bond donors (Lipinski definition) is 2. The monoisotopic (exact) mass is 341 g/mol. The molecular weight excluding hydrogens is 322 g/mol. The van der Waals surface area contributed by atoms with Gasteiger partial charge in [-0.25, -0.2) is 13.1 Å². The van der Waals surface area contributed by atoms with Gasteiger partial charge in [0.1, 0.15) is 11.9 Å².